The Balaban J connectivity index is 1.91. The smallest absolute Gasteiger partial charge is 0.0491 e. The Morgan fingerprint density at radius 2 is 2.06 bits per heavy atom. The van der Waals surface area contributed by atoms with E-state index in [0.29, 0.717) is 0 Å². The van der Waals surface area contributed by atoms with Crippen molar-refractivity contribution in [2.24, 2.45) is 5.92 Å². The van der Waals surface area contributed by atoms with Gasteiger partial charge in [0.25, 0.3) is 0 Å². The van der Waals surface area contributed by atoms with Gasteiger partial charge in [-0.3, -0.25) is 0 Å². The summed E-state index contributed by atoms with van der Waals surface area (Å²) < 4.78 is 1.02. The van der Waals surface area contributed by atoms with Crippen LogP contribution in [0.25, 0.3) is 0 Å². The van der Waals surface area contributed by atoms with Crippen LogP contribution in [0.5, 0.6) is 0 Å². The summed E-state index contributed by atoms with van der Waals surface area (Å²) in [4.78, 5) is 0. The molecule has 0 saturated carbocycles. The molecule has 0 amide bonds. The molecule has 0 aliphatic carbocycles. The second kappa shape index (κ2) is 5.69. The predicted molar refractivity (Wildman–Crippen MR) is 72.5 cm³/mol. The molecule has 88 valence electrons. The number of hydrogen-bond donors (Lipinski definition) is 2. The quantitative estimate of drug-likeness (QED) is 0.837. The Morgan fingerprint density at radius 3 is 2.81 bits per heavy atom. The number of aryl methyl sites for hydroxylation is 1. The van der Waals surface area contributed by atoms with Crippen molar-refractivity contribution >= 4 is 21.6 Å². The molecule has 3 N–H and O–H groups in total. The number of para-hydroxylation sites is 1. The molecule has 0 aromatic heterocycles. The zero-order chi connectivity index (χ0) is 11.4. The van der Waals surface area contributed by atoms with Crippen LogP contribution in [0.2, 0.25) is 0 Å². The van der Waals surface area contributed by atoms with Gasteiger partial charge >= 0.3 is 0 Å². The fraction of sp³-hybridized carbons (Fsp3) is 0.538. The minimum Gasteiger partial charge on any atom is -0.398 e. The molecule has 2 rings (SSSR count). The van der Waals surface area contributed by atoms with Gasteiger partial charge in [0.05, 0.1) is 0 Å². The van der Waals surface area contributed by atoms with Gasteiger partial charge in [-0.15, -0.1) is 0 Å². The predicted octanol–water partition coefficient (Wildman–Crippen LogP) is 2.96. The summed E-state index contributed by atoms with van der Waals surface area (Å²) in [6.07, 6.45) is 5.00. The van der Waals surface area contributed by atoms with Crippen LogP contribution >= 0.6 is 15.9 Å². The molecule has 1 saturated heterocycles. The lowest BCUT2D eigenvalue weighted by Crippen LogP contribution is -2.27. The van der Waals surface area contributed by atoms with E-state index in [0.717, 1.165) is 22.5 Å². The third-order valence-corrected chi connectivity index (χ3v) is 4.12. The molecule has 0 spiro atoms. The zero-order valence-corrected chi connectivity index (χ0v) is 11.1. The van der Waals surface area contributed by atoms with E-state index in [9.17, 15) is 0 Å². The van der Waals surface area contributed by atoms with Gasteiger partial charge in [0.15, 0.2) is 0 Å². The Kier molecular flexibility index (Phi) is 4.24. The zero-order valence-electron chi connectivity index (χ0n) is 9.51. The molecule has 16 heavy (non-hydrogen) atoms. The summed E-state index contributed by atoms with van der Waals surface area (Å²) in [6.45, 7) is 2.36. The number of anilines is 1. The number of benzene rings is 1. The topological polar surface area (TPSA) is 38.0 Å². The first-order valence-electron chi connectivity index (χ1n) is 6.01. The van der Waals surface area contributed by atoms with E-state index < -0.39 is 0 Å². The Morgan fingerprint density at radius 1 is 1.31 bits per heavy atom. The van der Waals surface area contributed by atoms with Crippen LogP contribution in [0, 0.1) is 5.92 Å². The summed E-state index contributed by atoms with van der Waals surface area (Å²) in [5.41, 5.74) is 8.24. The number of piperidine rings is 1. The lowest BCUT2D eigenvalue weighted by atomic mass is 9.91. The van der Waals surface area contributed by atoms with Gasteiger partial charge in [0.2, 0.25) is 0 Å². The molecule has 1 aromatic carbocycles. The Bertz CT molecular complexity index is 346. The summed E-state index contributed by atoms with van der Waals surface area (Å²) in [6, 6.07) is 6.21. The van der Waals surface area contributed by atoms with Crippen LogP contribution in [0.3, 0.4) is 0 Å². The Labute approximate surface area is 106 Å². The van der Waals surface area contributed by atoms with Gasteiger partial charge in [-0.05, 0) is 72.3 Å². The van der Waals surface area contributed by atoms with E-state index >= 15 is 0 Å². The van der Waals surface area contributed by atoms with Crippen LogP contribution in [0.1, 0.15) is 24.8 Å². The van der Waals surface area contributed by atoms with E-state index in [4.69, 9.17) is 5.73 Å². The van der Waals surface area contributed by atoms with Gasteiger partial charge in [0, 0.05) is 10.2 Å². The largest absolute Gasteiger partial charge is 0.398 e. The van der Waals surface area contributed by atoms with Gasteiger partial charge in [-0.1, -0.05) is 12.1 Å². The molecule has 1 aliphatic heterocycles. The molecular formula is C13H19BrN2. The molecule has 0 bridgehead atoms. The summed E-state index contributed by atoms with van der Waals surface area (Å²) in [5, 5.41) is 3.40. The van der Waals surface area contributed by atoms with Crippen molar-refractivity contribution in [2.45, 2.75) is 25.7 Å². The number of nitrogens with one attached hydrogen (secondary N) is 1. The van der Waals surface area contributed by atoms with Crippen LogP contribution in [-0.2, 0) is 6.42 Å². The normalized spacial score (nSPS) is 17.6. The van der Waals surface area contributed by atoms with Crippen molar-refractivity contribution in [2.75, 3.05) is 18.8 Å². The average Bonchev–Trinajstić information content (AvgIpc) is 2.32. The second-order valence-electron chi connectivity index (χ2n) is 4.54. The summed E-state index contributed by atoms with van der Waals surface area (Å²) >= 11 is 3.48. The van der Waals surface area contributed by atoms with Gasteiger partial charge in [-0.2, -0.15) is 0 Å². The maximum Gasteiger partial charge on any atom is 0.0491 e. The van der Waals surface area contributed by atoms with Crippen molar-refractivity contribution in [1.82, 2.24) is 5.32 Å². The number of hydrogen-bond acceptors (Lipinski definition) is 2. The van der Waals surface area contributed by atoms with E-state index in [2.05, 4.69) is 33.4 Å². The lowest BCUT2D eigenvalue weighted by Gasteiger charge is -2.22. The van der Waals surface area contributed by atoms with Crippen molar-refractivity contribution in [1.29, 1.82) is 0 Å². The molecule has 2 nitrogen and oxygen atoms in total. The number of nitrogens with two attached hydrogens (primary N) is 1. The van der Waals surface area contributed by atoms with Crippen molar-refractivity contribution in [3.63, 3.8) is 0 Å². The standard InChI is InChI=1S/C13H19BrN2/c14-12-3-1-2-11(13(12)15)5-4-10-6-8-16-9-7-10/h1-3,10,16H,4-9,15H2. The van der Waals surface area contributed by atoms with Gasteiger partial charge in [-0.25, -0.2) is 0 Å². The van der Waals surface area contributed by atoms with Crippen molar-refractivity contribution in [3.05, 3.63) is 28.2 Å². The molecule has 1 aliphatic rings. The fourth-order valence-electron chi connectivity index (χ4n) is 2.33. The molecule has 1 fully saturated rings. The molecule has 3 heteroatoms. The maximum atomic E-state index is 6.04. The fourth-order valence-corrected chi connectivity index (χ4v) is 2.74. The van der Waals surface area contributed by atoms with Crippen LogP contribution in [0.15, 0.2) is 22.7 Å². The highest BCUT2D eigenvalue weighted by atomic mass is 79.9. The number of halogens is 1. The number of nitrogen functional groups attached to an aromatic ring is 1. The van der Waals surface area contributed by atoms with Crippen LogP contribution in [0.4, 0.5) is 5.69 Å². The third-order valence-electron chi connectivity index (χ3n) is 3.42. The van der Waals surface area contributed by atoms with Crippen molar-refractivity contribution < 1.29 is 0 Å². The highest BCUT2D eigenvalue weighted by Crippen LogP contribution is 2.26. The molecular weight excluding hydrogens is 264 g/mol. The van der Waals surface area contributed by atoms with E-state index in [1.165, 1.54) is 37.9 Å². The minimum absolute atomic E-state index is 0.875. The van der Waals surface area contributed by atoms with Crippen molar-refractivity contribution in [3.8, 4) is 0 Å². The molecule has 1 aromatic rings. The molecule has 0 radical (unpaired) electrons. The van der Waals surface area contributed by atoms with E-state index in [1.807, 2.05) is 6.07 Å². The first kappa shape index (κ1) is 11.9. The SMILES string of the molecule is Nc1c(Br)cccc1CCC1CCNCC1. The first-order valence-corrected chi connectivity index (χ1v) is 6.80. The highest BCUT2D eigenvalue weighted by Gasteiger charge is 2.13. The maximum absolute atomic E-state index is 6.04. The molecule has 0 unspecified atom stereocenters. The van der Waals surface area contributed by atoms with Gasteiger partial charge < -0.3 is 11.1 Å². The summed E-state index contributed by atoms with van der Waals surface area (Å²) in [5.74, 6) is 0.875. The molecule has 0 atom stereocenters. The monoisotopic (exact) mass is 282 g/mol. The highest BCUT2D eigenvalue weighted by molar-refractivity contribution is 9.10. The first-order chi connectivity index (χ1) is 7.77. The lowest BCUT2D eigenvalue weighted by molar-refractivity contribution is 0.354. The van der Waals surface area contributed by atoms with Crippen LogP contribution < -0.4 is 11.1 Å². The molecule has 1 heterocycles. The van der Waals surface area contributed by atoms with Crippen LogP contribution in [-0.4, -0.2) is 13.1 Å². The second-order valence-corrected chi connectivity index (χ2v) is 5.40. The number of rotatable bonds is 3. The van der Waals surface area contributed by atoms with Gasteiger partial charge in [0.1, 0.15) is 0 Å². The third kappa shape index (κ3) is 2.98. The van der Waals surface area contributed by atoms with E-state index in [-0.39, 0.29) is 0 Å². The van der Waals surface area contributed by atoms with E-state index in [1.54, 1.807) is 0 Å². The summed E-state index contributed by atoms with van der Waals surface area (Å²) in [7, 11) is 0. The average molecular weight is 283 g/mol. The minimum atomic E-state index is 0.875. The Hall–Kier alpha value is -0.540.